The van der Waals surface area contributed by atoms with Crippen LogP contribution in [0, 0.1) is 5.92 Å². The monoisotopic (exact) mass is 405 g/mol. The molecule has 0 saturated carbocycles. The SMILES string of the molecule is CCn1cc(NC(=O)C2CCN(C(=O)c3cccn3Cc3ccccc3)CC2)cn1. The Kier molecular flexibility index (Phi) is 5.97. The van der Waals surface area contributed by atoms with E-state index in [9.17, 15) is 9.59 Å². The summed E-state index contributed by atoms with van der Waals surface area (Å²) in [5, 5.41) is 7.13. The van der Waals surface area contributed by atoms with E-state index in [0.717, 1.165) is 17.8 Å². The molecule has 7 heteroatoms. The smallest absolute Gasteiger partial charge is 0.270 e. The number of piperidine rings is 1. The number of aromatic nitrogens is 3. The van der Waals surface area contributed by atoms with Gasteiger partial charge in [0.15, 0.2) is 0 Å². The molecule has 1 aliphatic heterocycles. The third kappa shape index (κ3) is 4.45. The van der Waals surface area contributed by atoms with Gasteiger partial charge in [-0.25, -0.2) is 0 Å². The summed E-state index contributed by atoms with van der Waals surface area (Å²) >= 11 is 0. The summed E-state index contributed by atoms with van der Waals surface area (Å²) in [5.41, 5.74) is 2.57. The standard InChI is InChI=1S/C23H27N5O2/c1-2-28-17-20(15-24-28)25-22(29)19-10-13-26(14-11-19)23(30)21-9-6-12-27(21)16-18-7-4-3-5-8-18/h3-9,12,15,17,19H,2,10-11,13-14,16H2,1H3,(H,25,29). The molecule has 0 unspecified atom stereocenters. The molecular weight excluding hydrogens is 378 g/mol. The van der Waals surface area contributed by atoms with Crippen molar-refractivity contribution in [3.63, 3.8) is 0 Å². The molecule has 1 N–H and O–H groups in total. The number of hydrogen-bond acceptors (Lipinski definition) is 3. The molecule has 156 valence electrons. The topological polar surface area (TPSA) is 72.2 Å². The van der Waals surface area contributed by atoms with Crippen molar-refractivity contribution in [3.8, 4) is 0 Å². The van der Waals surface area contributed by atoms with Crippen LogP contribution in [0.4, 0.5) is 5.69 Å². The summed E-state index contributed by atoms with van der Waals surface area (Å²) in [6.45, 7) is 4.60. The quantitative estimate of drug-likeness (QED) is 0.684. The second kappa shape index (κ2) is 8.98. The maximum atomic E-state index is 13.1. The van der Waals surface area contributed by atoms with Gasteiger partial charge in [0, 0.05) is 44.5 Å². The molecule has 3 heterocycles. The lowest BCUT2D eigenvalue weighted by Gasteiger charge is -2.31. The number of benzene rings is 1. The molecule has 0 bridgehead atoms. The molecule has 1 fully saturated rings. The molecule has 0 spiro atoms. The second-order valence-corrected chi connectivity index (χ2v) is 7.65. The minimum absolute atomic E-state index is 0.00482. The number of nitrogens with zero attached hydrogens (tertiary/aromatic N) is 4. The average molecular weight is 406 g/mol. The van der Waals surface area contributed by atoms with Crippen molar-refractivity contribution in [2.75, 3.05) is 18.4 Å². The lowest BCUT2D eigenvalue weighted by atomic mass is 9.95. The number of amides is 2. The van der Waals surface area contributed by atoms with Crippen LogP contribution in [0.1, 0.15) is 35.8 Å². The summed E-state index contributed by atoms with van der Waals surface area (Å²) in [6.07, 6.45) is 6.77. The van der Waals surface area contributed by atoms with E-state index in [-0.39, 0.29) is 17.7 Å². The highest BCUT2D eigenvalue weighted by Gasteiger charge is 2.29. The normalized spacial score (nSPS) is 14.6. The van der Waals surface area contributed by atoms with E-state index in [0.29, 0.717) is 38.2 Å². The fraction of sp³-hybridized carbons (Fsp3) is 0.348. The van der Waals surface area contributed by atoms with Crippen LogP contribution in [-0.4, -0.2) is 44.2 Å². The van der Waals surface area contributed by atoms with E-state index in [1.54, 1.807) is 10.9 Å². The third-order valence-corrected chi connectivity index (χ3v) is 5.62. The van der Waals surface area contributed by atoms with E-state index in [4.69, 9.17) is 0 Å². The van der Waals surface area contributed by atoms with Crippen molar-refractivity contribution in [1.82, 2.24) is 19.2 Å². The Morgan fingerprint density at radius 1 is 1.10 bits per heavy atom. The molecule has 2 aromatic heterocycles. The predicted molar refractivity (Wildman–Crippen MR) is 115 cm³/mol. The van der Waals surface area contributed by atoms with Gasteiger partial charge in [0.25, 0.3) is 5.91 Å². The Labute approximate surface area is 176 Å². The van der Waals surface area contributed by atoms with Gasteiger partial charge < -0.3 is 14.8 Å². The van der Waals surface area contributed by atoms with Crippen LogP contribution in [0.5, 0.6) is 0 Å². The number of likely N-dealkylation sites (tertiary alicyclic amines) is 1. The van der Waals surface area contributed by atoms with E-state index in [1.807, 2.05) is 59.1 Å². The molecule has 4 rings (SSSR count). The van der Waals surface area contributed by atoms with E-state index >= 15 is 0 Å². The minimum Gasteiger partial charge on any atom is -0.339 e. The summed E-state index contributed by atoms with van der Waals surface area (Å²) in [4.78, 5) is 27.5. The molecule has 1 aromatic carbocycles. The van der Waals surface area contributed by atoms with Gasteiger partial charge in [0.1, 0.15) is 5.69 Å². The van der Waals surface area contributed by atoms with Crippen LogP contribution in [0.3, 0.4) is 0 Å². The summed E-state index contributed by atoms with van der Waals surface area (Å²) in [7, 11) is 0. The Morgan fingerprint density at radius 2 is 1.87 bits per heavy atom. The highest BCUT2D eigenvalue weighted by atomic mass is 16.2. The fourth-order valence-electron chi connectivity index (χ4n) is 3.88. The van der Waals surface area contributed by atoms with Crippen LogP contribution in [0.2, 0.25) is 0 Å². The van der Waals surface area contributed by atoms with Crippen LogP contribution < -0.4 is 5.32 Å². The van der Waals surface area contributed by atoms with Gasteiger partial charge in [0.05, 0.1) is 11.9 Å². The minimum atomic E-state index is -0.0878. The van der Waals surface area contributed by atoms with Gasteiger partial charge in [-0.3, -0.25) is 14.3 Å². The first-order valence-electron chi connectivity index (χ1n) is 10.5. The molecule has 3 aromatic rings. The lowest BCUT2D eigenvalue weighted by molar-refractivity contribution is -0.121. The molecule has 1 aliphatic rings. The van der Waals surface area contributed by atoms with Crippen molar-refractivity contribution in [2.24, 2.45) is 5.92 Å². The van der Waals surface area contributed by atoms with Gasteiger partial charge >= 0.3 is 0 Å². The number of anilines is 1. The molecular formula is C23H27N5O2. The van der Waals surface area contributed by atoms with Crippen molar-refractivity contribution >= 4 is 17.5 Å². The van der Waals surface area contributed by atoms with Crippen LogP contribution in [-0.2, 0) is 17.9 Å². The zero-order valence-corrected chi connectivity index (χ0v) is 17.2. The van der Waals surface area contributed by atoms with Gasteiger partial charge in [-0.2, -0.15) is 5.10 Å². The first-order chi connectivity index (χ1) is 14.6. The van der Waals surface area contributed by atoms with Crippen LogP contribution >= 0.6 is 0 Å². The molecule has 0 atom stereocenters. The Hall–Kier alpha value is -3.35. The van der Waals surface area contributed by atoms with E-state index in [2.05, 4.69) is 22.5 Å². The maximum absolute atomic E-state index is 13.1. The first kappa shape index (κ1) is 19.9. The number of rotatable bonds is 6. The van der Waals surface area contributed by atoms with Crippen molar-refractivity contribution in [2.45, 2.75) is 32.9 Å². The van der Waals surface area contributed by atoms with Crippen molar-refractivity contribution < 1.29 is 9.59 Å². The highest BCUT2D eigenvalue weighted by Crippen LogP contribution is 2.21. The zero-order chi connectivity index (χ0) is 20.9. The maximum Gasteiger partial charge on any atom is 0.270 e. The number of nitrogens with one attached hydrogen (secondary N) is 1. The lowest BCUT2D eigenvalue weighted by Crippen LogP contribution is -2.42. The predicted octanol–water partition coefficient (Wildman–Crippen LogP) is 3.24. The van der Waals surface area contributed by atoms with Gasteiger partial charge in [-0.15, -0.1) is 0 Å². The largest absolute Gasteiger partial charge is 0.339 e. The number of carbonyl (C=O) groups is 2. The summed E-state index contributed by atoms with van der Waals surface area (Å²) in [5.74, 6) is -0.0562. The molecule has 0 radical (unpaired) electrons. The van der Waals surface area contributed by atoms with E-state index in [1.165, 1.54) is 0 Å². The second-order valence-electron chi connectivity index (χ2n) is 7.65. The average Bonchev–Trinajstić information content (AvgIpc) is 3.43. The fourth-order valence-corrected chi connectivity index (χ4v) is 3.88. The van der Waals surface area contributed by atoms with Crippen molar-refractivity contribution in [3.05, 3.63) is 72.3 Å². The van der Waals surface area contributed by atoms with Gasteiger partial charge in [-0.1, -0.05) is 30.3 Å². The van der Waals surface area contributed by atoms with Gasteiger partial charge in [0.2, 0.25) is 5.91 Å². The Morgan fingerprint density at radius 3 is 2.57 bits per heavy atom. The van der Waals surface area contributed by atoms with E-state index < -0.39 is 0 Å². The zero-order valence-electron chi connectivity index (χ0n) is 17.2. The van der Waals surface area contributed by atoms with Gasteiger partial charge in [-0.05, 0) is 37.5 Å². The molecule has 2 amide bonds. The molecule has 7 nitrogen and oxygen atoms in total. The summed E-state index contributed by atoms with van der Waals surface area (Å²) in [6, 6.07) is 13.9. The molecule has 0 aliphatic carbocycles. The third-order valence-electron chi connectivity index (χ3n) is 5.62. The molecule has 30 heavy (non-hydrogen) atoms. The van der Waals surface area contributed by atoms with Crippen LogP contribution in [0.25, 0.3) is 0 Å². The first-order valence-corrected chi connectivity index (χ1v) is 10.5. The Balaban J connectivity index is 1.33. The molecule has 1 saturated heterocycles. The van der Waals surface area contributed by atoms with Crippen LogP contribution in [0.15, 0.2) is 61.1 Å². The highest BCUT2D eigenvalue weighted by molar-refractivity contribution is 5.94. The number of aryl methyl sites for hydroxylation is 1. The Bertz CT molecular complexity index is 1000. The summed E-state index contributed by atoms with van der Waals surface area (Å²) < 4.78 is 3.77. The van der Waals surface area contributed by atoms with Crippen molar-refractivity contribution in [1.29, 1.82) is 0 Å². The number of carbonyl (C=O) groups excluding carboxylic acids is 2. The number of hydrogen-bond donors (Lipinski definition) is 1.